The highest BCUT2D eigenvalue weighted by molar-refractivity contribution is 5.68. The summed E-state index contributed by atoms with van der Waals surface area (Å²) in [5.41, 5.74) is 5.88. The first-order chi connectivity index (χ1) is 5.16. The summed E-state index contributed by atoms with van der Waals surface area (Å²) in [7, 11) is 0. The van der Waals surface area contributed by atoms with Crippen LogP contribution in [0.1, 0.15) is 6.42 Å². The number of carboxylic acids is 1. The minimum atomic E-state index is -0.868. The molecule has 0 heterocycles. The molecule has 0 aliphatic rings. The zero-order valence-corrected chi connectivity index (χ0v) is 6.16. The molecule has 0 bridgehead atoms. The Hall–Kier alpha value is -1.51. The average Bonchev–Trinajstić information content (AvgIpc) is 1.87. The molecule has 0 aromatic heterocycles. The monoisotopic (exact) mass is 153 g/mol. The summed E-state index contributed by atoms with van der Waals surface area (Å²) in [5.74, 6) is -0.868. The van der Waals surface area contributed by atoms with Gasteiger partial charge in [-0.05, 0) is 12.2 Å². The second-order valence-electron chi connectivity index (χ2n) is 1.90. The van der Waals surface area contributed by atoms with Crippen molar-refractivity contribution in [2.45, 2.75) is 6.42 Å². The second kappa shape index (κ2) is 5.29. The third kappa shape index (κ3) is 6.37. The van der Waals surface area contributed by atoms with Crippen LogP contribution in [0.5, 0.6) is 0 Å². The smallest absolute Gasteiger partial charge is 0.307 e. The van der Waals surface area contributed by atoms with Crippen molar-refractivity contribution < 1.29 is 9.90 Å². The van der Waals surface area contributed by atoms with E-state index in [1.807, 2.05) is 0 Å². The fourth-order valence-corrected chi connectivity index (χ4v) is 0.487. The third-order valence-electron chi connectivity index (χ3n) is 0.913. The normalized spacial score (nSPS) is 11.8. The van der Waals surface area contributed by atoms with Gasteiger partial charge in [-0.2, -0.15) is 0 Å². The lowest BCUT2D eigenvalue weighted by atomic mass is 10.3. The molecular weight excluding hydrogens is 142 g/mol. The predicted octanol–water partition coefficient (Wildman–Crippen LogP) is 1.05. The number of carbonyl (C=O) groups is 1. The van der Waals surface area contributed by atoms with Gasteiger partial charge in [-0.15, -0.1) is 0 Å². The number of aliphatic carboxylic acids is 1. The number of allylic oxidation sites excluding steroid dienone is 3. The van der Waals surface area contributed by atoms with Crippen molar-refractivity contribution in [2.24, 2.45) is 5.73 Å². The summed E-state index contributed by atoms with van der Waals surface area (Å²) in [6.45, 7) is 3.44. The summed E-state index contributed by atoms with van der Waals surface area (Å²) in [5, 5.41) is 8.22. The standard InChI is InChI=1S/C8H11NO2/c1-2-4-7(9)5-3-6-8(10)11/h2-5H,1,6,9H2,(H,10,11)/b5-3-,7-4+. The van der Waals surface area contributed by atoms with Gasteiger partial charge in [-0.25, -0.2) is 0 Å². The lowest BCUT2D eigenvalue weighted by molar-refractivity contribution is -0.135. The van der Waals surface area contributed by atoms with Crippen LogP contribution in [0, 0.1) is 0 Å². The lowest BCUT2D eigenvalue weighted by Crippen LogP contribution is -1.93. The SMILES string of the molecule is C=C/C=C(N)\C=C/CC(=O)O. The van der Waals surface area contributed by atoms with Crippen LogP contribution in [0.15, 0.2) is 36.6 Å². The average molecular weight is 153 g/mol. The Morgan fingerprint density at radius 1 is 1.64 bits per heavy atom. The van der Waals surface area contributed by atoms with E-state index in [9.17, 15) is 4.79 Å². The molecule has 11 heavy (non-hydrogen) atoms. The summed E-state index contributed by atoms with van der Waals surface area (Å²) < 4.78 is 0. The summed E-state index contributed by atoms with van der Waals surface area (Å²) in [6, 6.07) is 0. The molecule has 3 heteroatoms. The highest BCUT2D eigenvalue weighted by Gasteiger charge is 1.88. The molecule has 0 saturated heterocycles. The van der Waals surface area contributed by atoms with E-state index in [2.05, 4.69) is 6.58 Å². The van der Waals surface area contributed by atoms with Gasteiger partial charge in [-0.3, -0.25) is 4.79 Å². The zero-order valence-electron chi connectivity index (χ0n) is 6.16. The Labute approximate surface area is 65.5 Å². The first kappa shape index (κ1) is 9.49. The van der Waals surface area contributed by atoms with Gasteiger partial charge >= 0.3 is 5.97 Å². The topological polar surface area (TPSA) is 63.3 Å². The molecule has 60 valence electrons. The summed E-state index contributed by atoms with van der Waals surface area (Å²) in [4.78, 5) is 10.0. The predicted molar refractivity (Wildman–Crippen MR) is 43.9 cm³/mol. The molecule has 0 amide bonds. The van der Waals surface area contributed by atoms with Gasteiger partial charge in [-0.1, -0.05) is 18.7 Å². The largest absolute Gasteiger partial charge is 0.481 e. The van der Waals surface area contributed by atoms with Crippen LogP contribution < -0.4 is 5.73 Å². The number of hydrogen-bond acceptors (Lipinski definition) is 2. The van der Waals surface area contributed by atoms with Crippen molar-refractivity contribution in [3.05, 3.63) is 36.6 Å². The molecule has 0 aliphatic carbocycles. The Morgan fingerprint density at radius 3 is 2.73 bits per heavy atom. The Bertz CT molecular complexity index is 204. The van der Waals surface area contributed by atoms with Crippen LogP contribution in [0.3, 0.4) is 0 Å². The fourth-order valence-electron chi connectivity index (χ4n) is 0.487. The molecule has 3 nitrogen and oxygen atoms in total. The Morgan fingerprint density at radius 2 is 2.27 bits per heavy atom. The molecular formula is C8H11NO2. The van der Waals surface area contributed by atoms with Crippen LogP contribution in [0.25, 0.3) is 0 Å². The molecule has 0 aromatic rings. The first-order valence-corrected chi connectivity index (χ1v) is 3.13. The number of carboxylic acid groups (broad SMARTS) is 1. The van der Waals surface area contributed by atoms with Crippen molar-refractivity contribution in [1.29, 1.82) is 0 Å². The van der Waals surface area contributed by atoms with Crippen LogP contribution in [-0.4, -0.2) is 11.1 Å². The van der Waals surface area contributed by atoms with Crippen LogP contribution >= 0.6 is 0 Å². The van der Waals surface area contributed by atoms with Crippen LogP contribution in [0.4, 0.5) is 0 Å². The lowest BCUT2D eigenvalue weighted by Gasteiger charge is -1.87. The van der Waals surface area contributed by atoms with Crippen molar-refractivity contribution in [2.75, 3.05) is 0 Å². The number of rotatable bonds is 4. The minimum absolute atomic E-state index is 0.00825. The van der Waals surface area contributed by atoms with E-state index in [0.717, 1.165) is 0 Å². The number of hydrogen-bond donors (Lipinski definition) is 2. The Balaban J connectivity index is 3.83. The van der Waals surface area contributed by atoms with Gasteiger partial charge in [0.05, 0.1) is 6.42 Å². The quantitative estimate of drug-likeness (QED) is 0.593. The van der Waals surface area contributed by atoms with E-state index < -0.39 is 5.97 Å². The first-order valence-electron chi connectivity index (χ1n) is 3.13. The fraction of sp³-hybridized carbons (Fsp3) is 0.125. The van der Waals surface area contributed by atoms with Crippen molar-refractivity contribution in [3.63, 3.8) is 0 Å². The van der Waals surface area contributed by atoms with Crippen LogP contribution in [0.2, 0.25) is 0 Å². The van der Waals surface area contributed by atoms with Crippen molar-refractivity contribution in [1.82, 2.24) is 0 Å². The molecule has 0 unspecified atom stereocenters. The third-order valence-corrected chi connectivity index (χ3v) is 0.913. The Kier molecular flexibility index (Phi) is 4.56. The molecule has 0 atom stereocenters. The van der Waals surface area contributed by atoms with E-state index in [1.54, 1.807) is 12.2 Å². The molecule has 3 N–H and O–H groups in total. The number of nitrogens with two attached hydrogens (primary N) is 1. The van der Waals surface area contributed by atoms with E-state index in [-0.39, 0.29) is 6.42 Å². The molecule has 0 fully saturated rings. The molecule has 0 aromatic carbocycles. The highest BCUT2D eigenvalue weighted by atomic mass is 16.4. The van der Waals surface area contributed by atoms with E-state index >= 15 is 0 Å². The van der Waals surface area contributed by atoms with Gasteiger partial charge in [0, 0.05) is 5.70 Å². The molecule has 0 rings (SSSR count). The van der Waals surface area contributed by atoms with E-state index in [0.29, 0.717) is 5.70 Å². The molecule has 0 spiro atoms. The van der Waals surface area contributed by atoms with Gasteiger partial charge in [0.1, 0.15) is 0 Å². The minimum Gasteiger partial charge on any atom is -0.481 e. The van der Waals surface area contributed by atoms with Gasteiger partial charge < -0.3 is 10.8 Å². The molecule has 0 radical (unpaired) electrons. The second-order valence-corrected chi connectivity index (χ2v) is 1.90. The van der Waals surface area contributed by atoms with Gasteiger partial charge in [0.15, 0.2) is 0 Å². The van der Waals surface area contributed by atoms with Crippen LogP contribution in [-0.2, 0) is 4.79 Å². The maximum Gasteiger partial charge on any atom is 0.307 e. The van der Waals surface area contributed by atoms with Gasteiger partial charge in [0.2, 0.25) is 0 Å². The maximum atomic E-state index is 10.0. The summed E-state index contributed by atoms with van der Waals surface area (Å²) >= 11 is 0. The maximum absolute atomic E-state index is 10.0. The van der Waals surface area contributed by atoms with Crippen molar-refractivity contribution in [3.8, 4) is 0 Å². The zero-order chi connectivity index (χ0) is 8.69. The van der Waals surface area contributed by atoms with Crippen molar-refractivity contribution >= 4 is 5.97 Å². The van der Waals surface area contributed by atoms with E-state index in [4.69, 9.17) is 10.8 Å². The van der Waals surface area contributed by atoms with E-state index in [1.165, 1.54) is 12.2 Å². The molecule has 0 aliphatic heterocycles. The molecule has 0 saturated carbocycles. The highest BCUT2D eigenvalue weighted by Crippen LogP contribution is 1.89. The van der Waals surface area contributed by atoms with Gasteiger partial charge in [0.25, 0.3) is 0 Å². The summed E-state index contributed by atoms with van der Waals surface area (Å²) in [6.07, 6.45) is 6.15.